The third-order valence-electron chi connectivity index (χ3n) is 5.57. The second-order valence-electron chi connectivity index (χ2n) is 7.74. The van der Waals surface area contributed by atoms with Gasteiger partial charge in [0.05, 0.1) is 14.2 Å². The van der Waals surface area contributed by atoms with Crippen LogP contribution in [0.3, 0.4) is 0 Å². The molecule has 0 spiro atoms. The fourth-order valence-corrected chi connectivity index (χ4v) is 8.10. The lowest BCUT2D eigenvalue weighted by Gasteiger charge is -2.37. The van der Waals surface area contributed by atoms with E-state index in [1.165, 1.54) is 62.8 Å². The summed E-state index contributed by atoms with van der Waals surface area (Å²) >= 11 is 1.68. The predicted molar refractivity (Wildman–Crippen MR) is 126 cm³/mol. The maximum atomic E-state index is 14.7. The topological polar surface area (TPSA) is 35.5 Å². The molecule has 0 fully saturated rings. The molecule has 0 radical (unpaired) electrons. The predicted octanol–water partition coefficient (Wildman–Crippen LogP) is 7.07. The average Bonchev–Trinajstić information content (AvgIpc) is 2.82. The van der Waals surface area contributed by atoms with Crippen LogP contribution in [0.1, 0.15) is 12.8 Å². The molecule has 0 saturated carbocycles. The van der Waals surface area contributed by atoms with E-state index in [2.05, 4.69) is 0 Å². The van der Waals surface area contributed by atoms with Crippen LogP contribution in [0.4, 0.5) is 39.5 Å². The molecule has 2 aromatic rings. The summed E-state index contributed by atoms with van der Waals surface area (Å²) in [7, 11) is -1.69. The van der Waals surface area contributed by atoms with Crippen LogP contribution in [0.2, 0.25) is 0 Å². The Labute approximate surface area is 214 Å². The number of hydrogen-bond donors (Lipinski definition) is 0. The van der Waals surface area contributed by atoms with Crippen molar-refractivity contribution in [1.29, 1.82) is 0 Å². The van der Waals surface area contributed by atoms with Crippen molar-refractivity contribution in [2.45, 2.75) is 42.4 Å². The molecular formula is C22H21F9IO3P. The molecule has 1 atom stereocenters. The molecule has 0 aliphatic rings. The number of rotatable bonds is 11. The lowest BCUT2D eigenvalue weighted by molar-refractivity contribution is -0.396. The molecule has 1 unspecified atom stereocenters. The Hall–Kier alpha value is -1.63. The fourth-order valence-electron chi connectivity index (χ4n) is 3.55. The minimum atomic E-state index is -7.03. The number of hydrogen-bond acceptors (Lipinski definition) is 3. The second-order valence-corrected chi connectivity index (χ2v) is 11.9. The van der Waals surface area contributed by atoms with Crippen molar-refractivity contribution in [3.63, 3.8) is 0 Å². The molecule has 0 bridgehead atoms. The van der Waals surface area contributed by atoms with Gasteiger partial charge in [-0.15, -0.1) is 0 Å². The monoisotopic (exact) mass is 662 g/mol. The average molecular weight is 662 g/mol. The third kappa shape index (κ3) is 5.61. The number of ether oxygens (including phenoxy) is 2. The zero-order valence-electron chi connectivity index (χ0n) is 18.8. The van der Waals surface area contributed by atoms with Crippen molar-refractivity contribution in [3.8, 4) is 11.5 Å². The van der Waals surface area contributed by atoms with Gasteiger partial charge in [-0.3, -0.25) is 0 Å². The highest BCUT2D eigenvalue weighted by Gasteiger charge is 2.81. The Morgan fingerprint density at radius 3 is 1.44 bits per heavy atom. The Morgan fingerprint density at radius 2 is 1.14 bits per heavy atom. The first-order valence-corrected chi connectivity index (χ1v) is 13.4. The zero-order valence-corrected chi connectivity index (χ0v) is 21.8. The lowest BCUT2D eigenvalue weighted by Crippen LogP contribution is -2.61. The van der Waals surface area contributed by atoms with Crippen LogP contribution in [0.25, 0.3) is 0 Å². The Morgan fingerprint density at radius 1 is 0.750 bits per heavy atom. The summed E-state index contributed by atoms with van der Waals surface area (Å²) < 4.78 is 147. The van der Waals surface area contributed by atoms with Gasteiger partial charge in [-0.1, -0.05) is 22.6 Å². The smallest absolute Gasteiger partial charge is 0.460 e. The van der Waals surface area contributed by atoms with Crippen LogP contribution in [0.15, 0.2) is 48.5 Å². The summed E-state index contributed by atoms with van der Waals surface area (Å²) in [5.74, 6) is -19.1. The van der Waals surface area contributed by atoms with Crippen LogP contribution < -0.4 is 20.1 Å². The van der Waals surface area contributed by atoms with Gasteiger partial charge >= 0.3 is 23.9 Å². The van der Waals surface area contributed by atoms with E-state index in [0.717, 1.165) is 0 Å². The summed E-state index contributed by atoms with van der Waals surface area (Å²) in [6.45, 7) is 0. The van der Waals surface area contributed by atoms with Gasteiger partial charge in [0.1, 0.15) is 18.6 Å². The molecule has 36 heavy (non-hydrogen) atoms. The first kappa shape index (κ1) is 30.6. The number of alkyl halides is 10. The maximum absolute atomic E-state index is 14.7. The van der Waals surface area contributed by atoms with Gasteiger partial charge < -0.3 is 14.0 Å². The molecule has 0 aliphatic heterocycles. The van der Waals surface area contributed by atoms with Crippen LogP contribution in [-0.2, 0) is 4.57 Å². The molecule has 2 aromatic carbocycles. The van der Waals surface area contributed by atoms with Crippen LogP contribution in [0, 0.1) is 0 Å². The maximum Gasteiger partial charge on any atom is 0.460 e. The van der Waals surface area contributed by atoms with Crippen molar-refractivity contribution in [3.05, 3.63) is 48.5 Å². The van der Waals surface area contributed by atoms with E-state index < -0.39 is 49.6 Å². The van der Waals surface area contributed by atoms with Gasteiger partial charge in [-0.05, 0) is 55.0 Å². The van der Waals surface area contributed by atoms with E-state index in [1.54, 1.807) is 22.6 Å². The summed E-state index contributed by atoms with van der Waals surface area (Å²) in [6, 6.07) is 10.3. The van der Waals surface area contributed by atoms with Gasteiger partial charge in [-0.2, -0.15) is 39.5 Å². The Bertz CT molecular complexity index is 1010. The van der Waals surface area contributed by atoms with E-state index in [4.69, 9.17) is 9.47 Å². The number of methoxy groups -OCH3 is 2. The molecule has 0 amide bonds. The summed E-state index contributed by atoms with van der Waals surface area (Å²) in [5, 5.41) is -0.185. The first-order valence-electron chi connectivity index (χ1n) is 10.1. The molecule has 0 aliphatic carbocycles. The minimum absolute atomic E-state index is 0.0317. The number of benzene rings is 2. The van der Waals surface area contributed by atoms with Crippen molar-refractivity contribution in [2.24, 2.45) is 0 Å². The first-order chi connectivity index (χ1) is 16.5. The van der Waals surface area contributed by atoms with Crippen molar-refractivity contribution < 1.29 is 53.6 Å². The van der Waals surface area contributed by atoms with E-state index in [0.29, 0.717) is 0 Å². The standard InChI is InChI=1S/C22H21F9IO3P/c1-34-14-3-7-16(8-4-14)36(33,17-9-5-15(35-2)6-10-17)18(11-12-32)13-19(23,24)20(25,26)21(27,28)22(29,30)31/h3-10,18H,11-13H2,1-2H3. The molecule has 3 nitrogen and oxygen atoms in total. The van der Waals surface area contributed by atoms with Gasteiger partial charge in [0, 0.05) is 27.1 Å². The Balaban J connectivity index is 2.70. The highest BCUT2D eigenvalue weighted by molar-refractivity contribution is 14.1. The zero-order chi connectivity index (χ0) is 27.6. The van der Waals surface area contributed by atoms with Crippen molar-refractivity contribution >= 4 is 40.3 Å². The molecule has 202 valence electrons. The molecule has 0 aromatic heterocycles. The van der Waals surface area contributed by atoms with Crippen LogP contribution >= 0.6 is 29.7 Å². The summed E-state index contributed by atoms with van der Waals surface area (Å²) in [6.07, 6.45) is -9.57. The van der Waals surface area contributed by atoms with E-state index in [-0.39, 0.29) is 26.5 Å². The summed E-state index contributed by atoms with van der Waals surface area (Å²) in [4.78, 5) is 0. The molecule has 0 saturated heterocycles. The Kier molecular flexibility index (Phi) is 9.35. The van der Waals surface area contributed by atoms with Crippen molar-refractivity contribution in [1.82, 2.24) is 0 Å². The largest absolute Gasteiger partial charge is 0.497 e. The quantitative estimate of drug-likeness (QED) is 0.112. The second kappa shape index (κ2) is 11.0. The third-order valence-corrected chi connectivity index (χ3v) is 9.79. The molecular weight excluding hydrogens is 641 g/mol. The van der Waals surface area contributed by atoms with Crippen LogP contribution in [-0.4, -0.2) is 48.3 Å². The highest BCUT2D eigenvalue weighted by Crippen LogP contribution is 2.59. The summed E-state index contributed by atoms with van der Waals surface area (Å²) in [5.41, 5.74) is -1.92. The molecule has 0 N–H and O–H groups in total. The van der Waals surface area contributed by atoms with Gasteiger partial charge in [-0.25, -0.2) is 0 Å². The number of halogens is 10. The van der Waals surface area contributed by atoms with E-state index in [1.807, 2.05) is 0 Å². The lowest BCUT2D eigenvalue weighted by atomic mass is 9.99. The molecule has 2 rings (SSSR count). The molecule has 14 heteroatoms. The van der Waals surface area contributed by atoms with E-state index in [9.17, 15) is 44.1 Å². The van der Waals surface area contributed by atoms with Crippen LogP contribution in [0.5, 0.6) is 11.5 Å². The van der Waals surface area contributed by atoms with Crippen molar-refractivity contribution in [2.75, 3.05) is 18.6 Å². The van der Waals surface area contributed by atoms with E-state index >= 15 is 0 Å². The van der Waals surface area contributed by atoms with Gasteiger partial charge in [0.25, 0.3) is 0 Å². The molecule has 0 heterocycles. The highest BCUT2D eigenvalue weighted by atomic mass is 127. The van der Waals surface area contributed by atoms with Gasteiger partial charge in [0.2, 0.25) is 0 Å². The normalized spacial score (nSPS) is 14.4. The van der Waals surface area contributed by atoms with Gasteiger partial charge in [0.15, 0.2) is 0 Å². The SMILES string of the molecule is COc1ccc(P(=O)(c2ccc(OC)cc2)C(CCI)CC(F)(F)C(F)(F)C(F)(F)C(F)(F)F)cc1. The fraction of sp³-hybridized carbons (Fsp3) is 0.455. The minimum Gasteiger partial charge on any atom is -0.497 e.